The number of halogens is 1. The first kappa shape index (κ1) is 14.9. The molecule has 0 aromatic heterocycles. The molecule has 0 fully saturated rings. The second-order valence-corrected chi connectivity index (χ2v) is 5.15. The Morgan fingerprint density at radius 2 is 1.94 bits per heavy atom. The maximum Gasteiger partial charge on any atom is 0.246 e. The zero-order valence-electron chi connectivity index (χ0n) is 10.8. The van der Waals surface area contributed by atoms with Crippen molar-refractivity contribution >= 4 is 21.8 Å². The van der Waals surface area contributed by atoms with E-state index in [0.717, 1.165) is 10.0 Å². The molecule has 3 nitrogen and oxygen atoms in total. The molecule has 0 aliphatic carbocycles. The van der Waals surface area contributed by atoms with Crippen molar-refractivity contribution in [3.63, 3.8) is 0 Å². The van der Waals surface area contributed by atoms with Crippen molar-refractivity contribution in [2.75, 3.05) is 0 Å². The molecule has 4 heteroatoms. The van der Waals surface area contributed by atoms with Crippen LogP contribution in [0.25, 0.3) is 0 Å². The Labute approximate surface area is 116 Å². The van der Waals surface area contributed by atoms with E-state index in [-0.39, 0.29) is 11.9 Å². The third kappa shape index (κ3) is 3.96. The molecule has 0 aliphatic heterocycles. The molecular weight excluding hydrogens is 294 g/mol. The van der Waals surface area contributed by atoms with E-state index in [1.165, 1.54) is 0 Å². The van der Waals surface area contributed by atoms with Crippen LogP contribution in [0.3, 0.4) is 0 Å². The first-order valence-electron chi connectivity index (χ1n) is 5.83. The number of carbonyl (C=O) groups is 1. The van der Waals surface area contributed by atoms with Crippen LogP contribution in [0.5, 0.6) is 0 Å². The number of hydrogen-bond donors (Lipinski definition) is 2. The number of nitrogens with one attached hydrogen (secondary N) is 1. The van der Waals surface area contributed by atoms with E-state index >= 15 is 0 Å². The number of hydrogen-bond acceptors (Lipinski definition) is 2. The van der Waals surface area contributed by atoms with Gasteiger partial charge in [-0.25, -0.2) is 0 Å². The van der Waals surface area contributed by atoms with Crippen LogP contribution in [0.4, 0.5) is 0 Å². The van der Waals surface area contributed by atoms with Crippen molar-refractivity contribution in [3.05, 3.63) is 46.0 Å². The van der Waals surface area contributed by atoms with Gasteiger partial charge < -0.3 is 10.4 Å². The number of allylic oxidation sites excluding steroid dienone is 1. The van der Waals surface area contributed by atoms with Crippen molar-refractivity contribution in [1.82, 2.24) is 5.32 Å². The fourth-order valence-electron chi connectivity index (χ4n) is 1.48. The number of rotatable bonds is 4. The topological polar surface area (TPSA) is 49.3 Å². The number of aliphatic hydroxyl groups excluding tert-OH is 1. The molecule has 0 saturated heterocycles. The van der Waals surface area contributed by atoms with Gasteiger partial charge in [-0.2, -0.15) is 0 Å². The van der Waals surface area contributed by atoms with Gasteiger partial charge >= 0.3 is 0 Å². The molecule has 1 aromatic carbocycles. The van der Waals surface area contributed by atoms with E-state index in [1.54, 1.807) is 19.9 Å². The van der Waals surface area contributed by atoms with Gasteiger partial charge in [-0.1, -0.05) is 34.1 Å². The smallest absolute Gasteiger partial charge is 0.246 e. The Kier molecular flexibility index (Phi) is 5.56. The first-order chi connectivity index (χ1) is 8.45. The minimum Gasteiger partial charge on any atom is -0.386 e. The molecule has 0 saturated carbocycles. The molecule has 2 N–H and O–H groups in total. The van der Waals surface area contributed by atoms with Crippen LogP contribution in [0.1, 0.15) is 32.4 Å². The predicted octanol–water partition coefficient (Wildman–Crippen LogP) is 2.95. The summed E-state index contributed by atoms with van der Waals surface area (Å²) in [5.74, 6) is -0.152. The number of benzene rings is 1. The summed E-state index contributed by atoms with van der Waals surface area (Å²) >= 11 is 3.34. The predicted molar refractivity (Wildman–Crippen MR) is 76.1 cm³/mol. The van der Waals surface area contributed by atoms with Crippen LogP contribution in [0.2, 0.25) is 0 Å². The highest BCUT2D eigenvalue weighted by molar-refractivity contribution is 9.10. The van der Waals surface area contributed by atoms with Crippen LogP contribution in [-0.2, 0) is 4.79 Å². The van der Waals surface area contributed by atoms with Crippen LogP contribution in [0.15, 0.2) is 40.4 Å². The largest absolute Gasteiger partial charge is 0.386 e. The molecule has 0 heterocycles. The van der Waals surface area contributed by atoms with Gasteiger partial charge in [0.1, 0.15) is 0 Å². The van der Waals surface area contributed by atoms with Crippen LogP contribution >= 0.6 is 15.9 Å². The summed E-state index contributed by atoms with van der Waals surface area (Å²) in [6.07, 6.45) is 1.03. The van der Waals surface area contributed by atoms with Gasteiger partial charge in [-0.05, 0) is 38.5 Å². The number of carbonyl (C=O) groups excluding carboxylic acids is 1. The van der Waals surface area contributed by atoms with Gasteiger partial charge in [-0.15, -0.1) is 0 Å². The second-order valence-electron chi connectivity index (χ2n) is 4.23. The number of amides is 1. The van der Waals surface area contributed by atoms with Crippen molar-refractivity contribution < 1.29 is 9.90 Å². The quantitative estimate of drug-likeness (QED) is 0.840. The molecule has 0 bridgehead atoms. The molecule has 18 heavy (non-hydrogen) atoms. The Hall–Kier alpha value is -1.13. The SMILES string of the molecule is C/C=C(/C)C(=O)NC(C)C(O)c1ccc(Br)cc1. The third-order valence-electron chi connectivity index (χ3n) is 2.84. The summed E-state index contributed by atoms with van der Waals surface area (Å²) in [5.41, 5.74) is 1.42. The van der Waals surface area contributed by atoms with Gasteiger partial charge in [0.25, 0.3) is 0 Å². The fourth-order valence-corrected chi connectivity index (χ4v) is 1.74. The van der Waals surface area contributed by atoms with Crippen LogP contribution in [-0.4, -0.2) is 17.1 Å². The Balaban J connectivity index is 2.69. The Morgan fingerprint density at radius 1 is 1.39 bits per heavy atom. The highest BCUT2D eigenvalue weighted by atomic mass is 79.9. The molecule has 1 aromatic rings. The van der Waals surface area contributed by atoms with Crippen molar-refractivity contribution in [2.45, 2.75) is 32.9 Å². The zero-order chi connectivity index (χ0) is 13.7. The maximum atomic E-state index is 11.7. The molecule has 98 valence electrons. The van der Waals surface area contributed by atoms with Crippen molar-refractivity contribution in [3.8, 4) is 0 Å². The average Bonchev–Trinajstić information content (AvgIpc) is 2.37. The van der Waals surface area contributed by atoms with E-state index in [9.17, 15) is 9.90 Å². The minimum absolute atomic E-state index is 0.152. The van der Waals surface area contributed by atoms with Crippen LogP contribution in [0, 0.1) is 0 Å². The van der Waals surface area contributed by atoms with E-state index in [0.29, 0.717) is 5.57 Å². The minimum atomic E-state index is -0.716. The standard InChI is InChI=1S/C14H18BrNO2/c1-4-9(2)14(18)16-10(3)13(17)11-5-7-12(15)8-6-11/h4-8,10,13,17H,1-3H3,(H,16,18)/b9-4-. The first-order valence-corrected chi connectivity index (χ1v) is 6.62. The summed E-state index contributed by atoms with van der Waals surface area (Å²) in [7, 11) is 0. The van der Waals surface area contributed by atoms with E-state index < -0.39 is 6.10 Å². The van der Waals surface area contributed by atoms with Crippen LogP contribution < -0.4 is 5.32 Å². The zero-order valence-corrected chi connectivity index (χ0v) is 12.4. The molecular formula is C14H18BrNO2. The van der Waals surface area contributed by atoms with Crippen molar-refractivity contribution in [2.24, 2.45) is 0 Å². The van der Waals surface area contributed by atoms with E-state index in [2.05, 4.69) is 21.2 Å². The van der Waals surface area contributed by atoms with E-state index in [4.69, 9.17) is 0 Å². The summed E-state index contributed by atoms with van der Waals surface area (Å²) in [6.45, 7) is 5.34. The lowest BCUT2D eigenvalue weighted by atomic mass is 10.0. The van der Waals surface area contributed by atoms with Gasteiger partial charge in [0.15, 0.2) is 0 Å². The monoisotopic (exact) mass is 311 g/mol. The molecule has 0 spiro atoms. The molecule has 2 unspecified atom stereocenters. The summed E-state index contributed by atoms with van der Waals surface area (Å²) in [6, 6.07) is 7.06. The van der Waals surface area contributed by atoms with Gasteiger partial charge in [0, 0.05) is 10.0 Å². The average molecular weight is 312 g/mol. The lowest BCUT2D eigenvalue weighted by Gasteiger charge is -2.20. The molecule has 1 amide bonds. The lowest BCUT2D eigenvalue weighted by Crippen LogP contribution is -2.37. The summed E-state index contributed by atoms with van der Waals surface area (Å²) < 4.78 is 0.958. The third-order valence-corrected chi connectivity index (χ3v) is 3.36. The van der Waals surface area contributed by atoms with E-state index in [1.807, 2.05) is 31.2 Å². The summed E-state index contributed by atoms with van der Waals surface area (Å²) in [5, 5.41) is 12.9. The molecule has 0 aliphatic rings. The normalized spacial score (nSPS) is 15.1. The highest BCUT2D eigenvalue weighted by Crippen LogP contribution is 2.19. The fraction of sp³-hybridized carbons (Fsp3) is 0.357. The molecule has 1 rings (SSSR count). The Bertz CT molecular complexity index is 440. The van der Waals surface area contributed by atoms with Gasteiger partial charge in [0.05, 0.1) is 12.1 Å². The highest BCUT2D eigenvalue weighted by Gasteiger charge is 2.18. The lowest BCUT2D eigenvalue weighted by molar-refractivity contribution is -0.118. The number of aliphatic hydroxyl groups is 1. The maximum absolute atomic E-state index is 11.7. The molecule has 0 radical (unpaired) electrons. The van der Waals surface area contributed by atoms with Crippen molar-refractivity contribution in [1.29, 1.82) is 0 Å². The molecule has 2 atom stereocenters. The van der Waals surface area contributed by atoms with Gasteiger partial charge in [0.2, 0.25) is 5.91 Å². The van der Waals surface area contributed by atoms with Gasteiger partial charge in [-0.3, -0.25) is 4.79 Å². The summed E-state index contributed by atoms with van der Waals surface area (Å²) in [4.78, 5) is 11.7. The second kappa shape index (κ2) is 6.71. The Morgan fingerprint density at radius 3 is 2.44 bits per heavy atom.